The van der Waals surface area contributed by atoms with E-state index < -0.39 is 0 Å². The van der Waals surface area contributed by atoms with Gasteiger partial charge in [0.15, 0.2) is 5.78 Å². The molecule has 0 aliphatic heterocycles. The molecule has 0 spiro atoms. The van der Waals surface area contributed by atoms with Crippen molar-refractivity contribution in [1.82, 2.24) is 0 Å². The largest absolute Gasteiger partial charge is 0.493 e. The Kier molecular flexibility index (Phi) is 9.05. The number of carbonyl (C=O) groups is 1. The van der Waals surface area contributed by atoms with Gasteiger partial charge in [0.05, 0.1) is 6.61 Å². The molecular weight excluding hydrogens is 340 g/mol. The van der Waals surface area contributed by atoms with E-state index in [0.717, 1.165) is 29.9 Å². The van der Waals surface area contributed by atoms with Crippen LogP contribution in [0.3, 0.4) is 0 Å². The van der Waals surface area contributed by atoms with Crippen molar-refractivity contribution in [2.45, 2.75) is 44.4 Å². The Hall–Kier alpha value is -2.00. The van der Waals surface area contributed by atoms with E-state index in [1.807, 2.05) is 66.4 Å². The van der Waals surface area contributed by atoms with Gasteiger partial charge in [-0.1, -0.05) is 44.9 Å². The van der Waals surface area contributed by atoms with Crippen LogP contribution in [0.5, 0.6) is 5.75 Å². The van der Waals surface area contributed by atoms with Gasteiger partial charge in [-0.3, -0.25) is 4.79 Å². The van der Waals surface area contributed by atoms with Gasteiger partial charge < -0.3 is 4.74 Å². The fraction of sp³-hybridized carbons (Fsp3) is 0.348. The molecular formula is C23H28O2S. The summed E-state index contributed by atoms with van der Waals surface area (Å²) in [6.07, 6.45) is 8.02. The van der Waals surface area contributed by atoms with E-state index in [1.165, 1.54) is 17.7 Å². The number of allylic oxidation sites excluding steroid dienone is 1. The Morgan fingerprint density at radius 1 is 1.00 bits per heavy atom. The lowest BCUT2D eigenvalue weighted by Gasteiger charge is -2.08. The van der Waals surface area contributed by atoms with Gasteiger partial charge >= 0.3 is 0 Å². The smallest absolute Gasteiger partial charge is 0.185 e. The molecule has 0 aliphatic rings. The maximum absolute atomic E-state index is 12.4. The highest BCUT2D eigenvalue weighted by molar-refractivity contribution is 7.99. The molecule has 0 N–H and O–H groups in total. The van der Waals surface area contributed by atoms with E-state index >= 15 is 0 Å². The maximum atomic E-state index is 12.4. The highest BCUT2D eigenvalue weighted by Crippen LogP contribution is 2.22. The highest BCUT2D eigenvalue weighted by Gasteiger charge is 2.04. The van der Waals surface area contributed by atoms with E-state index in [-0.39, 0.29) is 5.78 Å². The summed E-state index contributed by atoms with van der Waals surface area (Å²) in [6, 6.07) is 15.7. The molecule has 0 amide bonds. The van der Waals surface area contributed by atoms with E-state index in [1.54, 1.807) is 6.08 Å². The molecule has 0 fully saturated rings. The fourth-order valence-electron chi connectivity index (χ4n) is 2.48. The number of para-hydroxylation sites is 1. The Labute approximate surface area is 161 Å². The van der Waals surface area contributed by atoms with Gasteiger partial charge in [-0.25, -0.2) is 0 Å². The first-order chi connectivity index (χ1) is 12.7. The minimum atomic E-state index is 0.0119. The number of ether oxygens (including phenoxy) is 1. The summed E-state index contributed by atoms with van der Waals surface area (Å²) in [4.78, 5) is 13.6. The van der Waals surface area contributed by atoms with Gasteiger partial charge in [0, 0.05) is 16.0 Å². The number of thioether (sulfide) groups is 1. The third-order valence-corrected chi connectivity index (χ3v) is 5.17. The average molecular weight is 369 g/mol. The first-order valence-corrected chi connectivity index (χ1v) is 10.4. The van der Waals surface area contributed by atoms with Gasteiger partial charge in [0.1, 0.15) is 5.75 Å². The molecule has 26 heavy (non-hydrogen) atoms. The lowest BCUT2D eigenvalue weighted by Crippen LogP contribution is -1.99. The van der Waals surface area contributed by atoms with Crippen LogP contribution < -0.4 is 4.74 Å². The first-order valence-electron chi connectivity index (χ1n) is 9.41. The summed E-state index contributed by atoms with van der Waals surface area (Å²) in [5.74, 6) is 1.94. The van der Waals surface area contributed by atoms with E-state index in [9.17, 15) is 4.79 Å². The van der Waals surface area contributed by atoms with Crippen molar-refractivity contribution in [3.8, 4) is 5.75 Å². The molecule has 0 bridgehead atoms. The minimum absolute atomic E-state index is 0.0119. The van der Waals surface area contributed by atoms with E-state index in [0.29, 0.717) is 12.2 Å². The zero-order valence-electron chi connectivity index (χ0n) is 15.7. The van der Waals surface area contributed by atoms with Crippen molar-refractivity contribution in [1.29, 1.82) is 0 Å². The van der Waals surface area contributed by atoms with Crippen LogP contribution in [0.1, 0.15) is 55.5 Å². The SMILES string of the molecule is CCCCCOc1ccccc1/C=C/C(=O)c1ccc(SCCC)cc1. The second-order valence-electron chi connectivity index (χ2n) is 6.16. The van der Waals surface area contributed by atoms with Crippen LogP contribution >= 0.6 is 11.8 Å². The third-order valence-electron chi connectivity index (χ3n) is 3.95. The molecule has 0 unspecified atom stereocenters. The molecule has 0 heterocycles. The van der Waals surface area contributed by atoms with Crippen LogP contribution in [0, 0.1) is 0 Å². The van der Waals surface area contributed by atoms with Gasteiger partial charge in [-0.15, -0.1) is 11.8 Å². The summed E-state index contributed by atoms with van der Waals surface area (Å²) in [5, 5.41) is 0. The number of unbranched alkanes of at least 4 members (excludes halogenated alkanes) is 2. The van der Waals surface area contributed by atoms with Crippen LogP contribution in [-0.4, -0.2) is 18.1 Å². The predicted molar refractivity (Wildman–Crippen MR) is 112 cm³/mol. The molecule has 0 saturated carbocycles. The molecule has 2 aromatic carbocycles. The summed E-state index contributed by atoms with van der Waals surface area (Å²) >= 11 is 1.82. The maximum Gasteiger partial charge on any atom is 0.185 e. The summed E-state index contributed by atoms with van der Waals surface area (Å²) < 4.78 is 5.87. The first kappa shape index (κ1) is 20.3. The number of benzene rings is 2. The standard InChI is InChI=1S/C23H28O2S/c1-3-5-8-17-25-23-10-7-6-9-20(23)13-16-22(24)19-11-14-21(15-12-19)26-18-4-2/h6-7,9-16H,3-5,8,17-18H2,1-2H3/b16-13+. The van der Waals surface area contributed by atoms with Crippen LogP contribution in [0.2, 0.25) is 0 Å². The second-order valence-corrected chi connectivity index (χ2v) is 7.33. The van der Waals surface area contributed by atoms with Crippen molar-refractivity contribution in [2.24, 2.45) is 0 Å². The van der Waals surface area contributed by atoms with Crippen LogP contribution in [0.25, 0.3) is 6.08 Å². The Balaban J connectivity index is 1.99. The molecule has 2 rings (SSSR count). The third kappa shape index (κ3) is 6.72. The molecule has 2 aromatic rings. The summed E-state index contributed by atoms with van der Waals surface area (Å²) in [6.45, 7) is 5.06. The van der Waals surface area contributed by atoms with Crippen molar-refractivity contribution in [3.63, 3.8) is 0 Å². The lowest BCUT2D eigenvalue weighted by molar-refractivity contribution is 0.104. The normalized spacial score (nSPS) is 11.0. The second kappa shape index (κ2) is 11.6. The summed E-state index contributed by atoms with van der Waals surface area (Å²) in [5.41, 5.74) is 1.65. The van der Waals surface area contributed by atoms with Crippen molar-refractivity contribution < 1.29 is 9.53 Å². The number of ketones is 1. The van der Waals surface area contributed by atoms with Crippen molar-refractivity contribution >= 4 is 23.6 Å². The topological polar surface area (TPSA) is 26.3 Å². The molecule has 0 atom stereocenters. The number of hydrogen-bond acceptors (Lipinski definition) is 3. The van der Waals surface area contributed by atoms with Gasteiger partial charge in [-0.05, 0) is 61.1 Å². The van der Waals surface area contributed by atoms with Crippen LogP contribution in [-0.2, 0) is 0 Å². The number of hydrogen-bond donors (Lipinski definition) is 0. The average Bonchev–Trinajstić information content (AvgIpc) is 2.69. The fourth-order valence-corrected chi connectivity index (χ4v) is 3.25. The monoisotopic (exact) mass is 368 g/mol. The molecule has 0 saturated heterocycles. The van der Waals surface area contributed by atoms with Crippen molar-refractivity contribution in [3.05, 3.63) is 65.7 Å². The Morgan fingerprint density at radius 3 is 2.50 bits per heavy atom. The quantitative estimate of drug-likeness (QED) is 0.192. The van der Waals surface area contributed by atoms with Gasteiger partial charge in [0.25, 0.3) is 0 Å². The Morgan fingerprint density at radius 2 is 1.77 bits per heavy atom. The molecule has 0 radical (unpaired) electrons. The molecule has 2 nitrogen and oxygen atoms in total. The number of rotatable bonds is 11. The zero-order chi connectivity index (χ0) is 18.6. The highest BCUT2D eigenvalue weighted by atomic mass is 32.2. The predicted octanol–water partition coefficient (Wildman–Crippen LogP) is 6.65. The lowest BCUT2D eigenvalue weighted by atomic mass is 10.1. The number of carbonyl (C=O) groups excluding carboxylic acids is 1. The van der Waals surface area contributed by atoms with Crippen LogP contribution in [0.4, 0.5) is 0 Å². The molecule has 0 aromatic heterocycles. The van der Waals surface area contributed by atoms with E-state index in [4.69, 9.17) is 4.74 Å². The zero-order valence-corrected chi connectivity index (χ0v) is 16.6. The summed E-state index contributed by atoms with van der Waals surface area (Å²) in [7, 11) is 0. The Bertz CT molecular complexity index is 704. The minimum Gasteiger partial charge on any atom is -0.493 e. The van der Waals surface area contributed by atoms with Crippen molar-refractivity contribution in [2.75, 3.05) is 12.4 Å². The van der Waals surface area contributed by atoms with Gasteiger partial charge in [0.2, 0.25) is 0 Å². The van der Waals surface area contributed by atoms with Gasteiger partial charge in [-0.2, -0.15) is 0 Å². The molecule has 3 heteroatoms. The molecule has 0 aliphatic carbocycles. The van der Waals surface area contributed by atoms with Crippen LogP contribution in [0.15, 0.2) is 59.5 Å². The van der Waals surface area contributed by atoms with E-state index in [2.05, 4.69) is 13.8 Å². The molecule has 138 valence electrons.